The van der Waals surface area contributed by atoms with Crippen molar-refractivity contribution in [1.29, 1.82) is 0 Å². The number of hydrogen-bond acceptors (Lipinski definition) is 3. The predicted molar refractivity (Wildman–Crippen MR) is 35.7 cm³/mol. The van der Waals surface area contributed by atoms with Crippen LogP contribution in [0.15, 0.2) is 0 Å². The Hall–Kier alpha value is 0.0700. The third-order valence-corrected chi connectivity index (χ3v) is 2.10. The maximum atomic E-state index is 10.6. The molecule has 0 rings (SSSR count). The molecule has 50 valence electrons. The van der Waals surface area contributed by atoms with E-state index in [0.29, 0.717) is 12.3 Å². The SMILES string of the molecule is CCS(=O)CCNN. The minimum Gasteiger partial charge on any atom is -0.271 e. The summed E-state index contributed by atoms with van der Waals surface area (Å²) in [5.74, 6) is 6.33. The lowest BCUT2D eigenvalue weighted by atomic mass is 10.8. The van der Waals surface area contributed by atoms with Crippen molar-refractivity contribution < 1.29 is 4.21 Å². The Morgan fingerprint density at radius 3 is 2.75 bits per heavy atom. The average molecular weight is 136 g/mol. The van der Waals surface area contributed by atoms with Gasteiger partial charge in [0.05, 0.1) is 0 Å². The van der Waals surface area contributed by atoms with Gasteiger partial charge in [-0.2, -0.15) is 0 Å². The summed E-state index contributed by atoms with van der Waals surface area (Å²) in [6.45, 7) is 2.53. The van der Waals surface area contributed by atoms with Gasteiger partial charge in [-0.05, 0) is 0 Å². The first kappa shape index (κ1) is 8.07. The molecule has 0 aromatic carbocycles. The van der Waals surface area contributed by atoms with Crippen molar-refractivity contribution in [3.8, 4) is 0 Å². The van der Waals surface area contributed by atoms with Gasteiger partial charge in [-0.3, -0.25) is 15.5 Å². The zero-order valence-corrected chi connectivity index (χ0v) is 5.83. The number of rotatable bonds is 4. The van der Waals surface area contributed by atoms with E-state index in [-0.39, 0.29) is 0 Å². The fourth-order valence-electron chi connectivity index (χ4n) is 0.317. The van der Waals surface area contributed by atoms with Crippen LogP contribution in [0.3, 0.4) is 0 Å². The fourth-order valence-corrected chi connectivity index (χ4v) is 0.951. The summed E-state index contributed by atoms with van der Waals surface area (Å²) in [6, 6.07) is 0. The van der Waals surface area contributed by atoms with Crippen molar-refractivity contribution >= 4 is 10.8 Å². The van der Waals surface area contributed by atoms with Gasteiger partial charge in [0.1, 0.15) is 0 Å². The van der Waals surface area contributed by atoms with E-state index in [2.05, 4.69) is 5.43 Å². The molecule has 0 fully saturated rings. The Labute approximate surface area is 52.1 Å². The van der Waals surface area contributed by atoms with Gasteiger partial charge < -0.3 is 0 Å². The summed E-state index contributed by atoms with van der Waals surface area (Å²) >= 11 is 0. The van der Waals surface area contributed by atoms with E-state index in [4.69, 9.17) is 5.84 Å². The second-order valence-electron chi connectivity index (χ2n) is 1.39. The smallest absolute Gasteiger partial charge is 0.0373 e. The van der Waals surface area contributed by atoms with Crippen LogP contribution in [0.4, 0.5) is 0 Å². The fraction of sp³-hybridized carbons (Fsp3) is 1.00. The third-order valence-electron chi connectivity index (χ3n) is 0.796. The van der Waals surface area contributed by atoms with Crippen molar-refractivity contribution in [2.24, 2.45) is 5.84 Å². The third kappa shape index (κ3) is 4.23. The van der Waals surface area contributed by atoms with Gasteiger partial charge in [-0.25, -0.2) is 0 Å². The van der Waals surface area contributed by atoms with Crippen LogP contribution >= 0.6 is 0 Å². The molecule has 0 heterocycles. The summed E-state index contributed by atoms with van der Waals surface area (Å²) in [7, 11) is -0.669. The first-order chi connectivity index (χ1) is 3.81. The molecule has 0 amide bonds. The van der Waals surface area contributed by atoms with Crippen molar-refractivity contribution in [3.63, 3.8) is 0 Å². The predicted octanol–water partition coefficient (Wildman–Crippen LogP) is -0.782. The summed E-state index contributed by atoms with van der Waals surface area (Å²) in [5.41, 5.74) is 2.44. The quantitative estimate of drug-likeness (QED) is 0.394. The summed E-state index contributed by atoms with van der Waals surface area (Å²) in [6.07, 6.45) is 0. The van der Waals surface area contributed by atoms with E-state index >= 15 is 0 Å². The topological polar surface area (TPSA) is 55.1 Å². The van der Waals surface area contributed by atoms with E-state index in [1.54, 1.807) is 0 Å². The second-order valence-corrected chi connectivity index (χ2v) is 3.25. The van der Waals surface area contributed by atoms with Gasteiger partial charge >= 0.3 is 0 Å². The maximum absolute atomic E-state index is 10.6. The van der Waals surface area contributed by atoms with Crippen molar-refractivity contribution in [3.05, 3.63) is 0 Å². The molecule has 4 heteroatoms. The number of hydrazine groups is 1. The number of nitrogens with one attached hydrogen (secondary N) is 1. The van der Waals surface area contributed by atoms with Crippen molar-refractivity contribution in [2.45, 2.75) is 6.92 Å². The molecule has 0 bridgehead atoms. The Balaban J connectivity index is 2.99. The summed E-state index contributed by atoms with van der Waals surface area (Å²) in [5, 5.41) is 0. The zero-order valence-electron chi connectivity index (χ0n) is 5.02. The molecule has 0 spiro atoms. The molecule has 0 radical (unpaired) electrons. The minimum absolute atomic E-state index is 0.639. The van der Waals surface area contributed by atoms with E-state index < -0.39 is 10.8 Å². The Morgan fingerprint density at radius 2 is 2.38 bits per heavy atom. The van der Waals surface area contributed by atoms with E-state index in [0.717, 1.165) is 5.75 Å². The van der Waals surface area contributed by atoms with Crippen LogP contribution in [0.1, 0.15) is 6.92 Å². The largest absolute Gasteiger partial charge is 0.271 e. The lowest BCUT2D eigenvalue weighted by Gasteiger charge is -1.94. The first-order valence-electron chi connectivity index (χ1n) is 2.59. The van der Waals surface area contributed by atoms with Gasteiger partial charge in [0.2, 0.25) is 0 Å². The van der Waals surface area contributed by atoms with E-state index in [9.17, 15) is 4.21 Å². The van der Waals surface area contributed by atoms with Gasteiger partial charge in [-0.15, -0.1) is 0 Å². The molecule has 0 aliphatic rings. The molecule has 1 atom stereocenters. The van der Waals surface area contributed by atoms with Gasteiger partial charge in [-0.1, -0.05) is 6.92 Å². The summed E-state index contributed by atoms with van der Waals surface area (Å²) in [4.78, 5) is 0. The molecular weight excluding hydrogens is 124 g/mol. The summed E-state index contributed by atoms with van der Waals surface area (Å²) < 4.78 is 10.6. The zero-order chi connectivity index (χ0) is 6.41. The average Bonchev–Trinajstić information content (AvgIpc) is 1.83. The van der Waals surface area contributed by atoms with E-state index in [1.165, 1.54) is 0 Å². The maximum Gasteiger partial charge on any atom is 0.0373 e. The monoisotopic (exact) mass is 136 g/mol. The molecule has 0 aromatic heterocycles. The normalized spacial score (nSPS) is 13.8. The van der Waals surface area contributed by atoms with Crippen LogP contribution in [0.25, 0.3) is 0 Å². The van der Waals surface area contributed by atoms with Crippen LogP contribution in [0.5, 0.6) is 0 Å². The number of hydrogen-bond donors (Lipinski definition) is 2. The van der Waals surface area contributed by atoms with Gasteiger partial charge in [0.15, 0.2) is 0 Å². The Morgan fingerprint density at radius 1 is 1.75 bits per heavy atom. The highest BCUT2D eigenvalue weighted by atomic mass is 32.2. The second kappa shape index (κ2) is 5.21. The standard InChI is InChI=1S/C4H12N2OS/c1-2-8(7)4-3-6-5/h6H,2-5H2,1H3. The van der Waals surface area contributed by atoms with Crippen LogP contribution in [-0.2, 0) is 10.8 Å². The first-order valence-corrected chi connectivity index (χ1v) is 4.08. The van der Waals surface area contributed by atoms with Crippen LogP contribution in [0, 0.1) is 0 Å². The molecule has 0 aliphatic heterocycles. The lowest BCUT2D eigenvalue weighted by Crippen LogP contribution is -2.27. The highest BCUT2D eigenvalue weighted by Gasteiger charge is 1.90. The van der Waals surface area contributed by atoms with Gasteiger partial charge in [0, 0.05) is 28.9 Å². The highest BCUT2D eigenvalue weighted by molar-refractivity contribution is 7.84. The molecule has 3 nitrogen and oxygen atoms in total. The molecule has 0 aromatic rings. The lowest BCUT2D eigenvalue weighted by molar-refractivity contribution is 0.678. The molecular formula is C4H12N2OS. The highest BCUT2D eigenvalue weighted by Crippen LogP contribution is 1.76. The van der Waals surface area contributed by atoms with E-state index in [1.807, 2.05) is 6.92 Å². The van der Waals surface area contributed by atoms with Crippen molar-refractivity contribution in [2.75, 3.05) is 18.1 Å². The van der Waals surface area contributed by atoms with Crippen LogP contribution in [-0.4, -0.2) is 22.3 Å². The molecule has 1 unspecified atom stereocenters. The van der Waals surface area contributed by atoms with Crippen LogP contribution < -0.4 is 11.3 Å². The molecule has 8 heavy (non-hydrogen) atoms. The minimum atomic E-state index is -0.669. The van der Waals surface area contributed by atoms with Crippen LogP contribution in [0.2, 0.25) is 0 Å². The molecule has 0 saturated carbocycles. The molecule has 0 aliphatic carbocycles. The van der Waals surface area contributed by atoms with Crippen molar-refractivity contribution in [1.82, 2.24) is 5.43 Å². The Bertz CT molecular complexity index is 76.4. The van der Waals surface area contributed by atoms with Gasteiger partial charge in [0.25, 0.3) is 0 Å². The number of nitrogens with two attached hydrogens (primary N) is 1. The molecule has 3 N–H and O–H groups in total. The molecule has 0 saturated heterocycles. The Kier molecular flexibility index (Phi) is 5.26.